The van der Waals surface area contributed by atoms with E-state index in [-0.39, 0.29) is 12.4 Å². The Labute approximate surface area is 149 Å². The second-order valence-electron chi connectivity index (χ2n) is 5.89. The van der Waals surface area contributed by atoms with Crippen LogP contribution >= 0.6 is 11.3 Å². The van der Waals surface area contributed by atoms with E-state index in [1.54, 1.807) is 35.6 Å². The van der Waals surface area contributed by atoms with Crippen LogP contribution in [-0.4, -0.2) is 29.0 Å². The minimum absolute atomic E-state index is 0.0370. The van der Waals surface area contributed by atoms with Gasteiger partial charge in [0.1, 0.15) is 16.9 Å². The molecule has 0 N–H and O–H groups in total. The molecular weight excluding hydrogens is 336 g/mol. The van der Waals surface area contributed by atoms with Crippen LogP contribution in [0.1, 0.15) is 34.1 Å². The van der Waals surface area contributed by atoms with Gasteiger partial charge in [0, 0.05) is 10.4 Å². The third kappa shape index (κ3) is 3.09. The van der Waals surface area contributed by atoms with Gasteiger partial charge in [-0.05, 0) is 56.0 Å². The van der Waals surface area contributed by atoms with Gasteiger partial charge < -0.3 is 9.47 Å². The zero-order valence-corrected chi connectivity index (χ0v) is 14.8. The van der Waals surface area contributed by atoms with E-state index in [2.05, 4.69) is 9.97 Å². The van der Waals surface area contributed by atoms with Crippen molar-refractivity contribution in [2.24, 2.45) is 0 Å². The highest BCUT2D eigenvalue weighted by molar-refractivity contribution is 7.18. The van der Waals surface area contributed by atoms with E-state index < -0.39 is 0 Å². The fraction of sp³-hybridized carbons (Fsp3) is 0.316. The molecule has 0 spiro atoms. The lowest BCUT2D eigenvalue weighted by atomic mass is 10.1. The third-order valence-electron chi connectivity index (χ3n) is 4.29. The van der Waals surface area contributed by atoms with Crippen molar-refractivity contribution in [3.8, 4) is 11.6 Å². The quantitative estimate of drug-likeness (QED) is 0.630. The van der Waals surface area contributed by atoms with E-state index in [1.807, 2.05) is 6.92 Å². The SMILES string of the molecule is CCOc1ccc(C(=O)COc2ncnc3sc4c(c23)CCC4)cc1. The lowest BCUT2D eigenvalue weighted by Crippen LogP contribution is -2.12. The van der Waals surface area contributed by atoms with Crippen molar-refractivity contribution in [2.45, 2.75) is 26.2 Å². The number of ketones is 1. The van der Waals surface area contributed by atoms with Crippen LogP contribution < -0.4 is 9.47 Å². The van der Waals surface area contributed by atoms with Gasteiger partial charge in [-0.1, -0.05) is 0 Å². The molecule has 6 heteroatoms. The van der Waals surface area contributed by atoms with Crippen LogP contribution in [0.25, 0.3) is 10.2 Å². The number of aryl methyl sites for hydroxylation is 2. The molecule has 25 heavy (non-hydrogen) atoms. The first kappa shape index (κ1) is 16.0. The summed E-state index contributed by atoms with van der Waals surface area (Å²) in [4.78, 5) is 23.3. The van der Waals surface area contributed by atoms with Crippen LogP contribution in [0.3, 0.4) is 0 Å². The minimum atomic E-state index is -0.0818. The third-order valence-corrected chi connectivity index (χ3v) is 5.49. The molecule has 4 rings (SSSR count). The number of fused-ring (bicyclic) bond motifs is 3. The normalized spacial score (nSPS) is 13.0. The Morgan fingerprint density at radius 1 is 1.16 bits per heavy atom. The summed E-state index contributed by atoms with van der Waals surface area (Å²) in [6, 6.07) is 7.11. The topological polar surface area (TPSA) is 61.3 Å². The number of carbonyl (C=O) groups excluding carboxylic acids is 1. The largest absolute Gasteiger partial charge is 0.494 e. The lowest BCUT2D eigenvalue weighted by molar-refractivity contribution is 0.0919. The maximum atomic E-state index is 12.4. The number of hydrogen-bond acceptors (Lipinski definition) is 6. The Kier molecular flexibility index (Phi) is 4.36. The van der Waals surface area contributed by atoms with Crippen molar-refractivity contribution in [2.75, 3.05) is 13.2 Å². The molecule has 1 aromatic carbocycles. The Hall–Kier alpha value is -2.47. The smallest absolute Gasteiger partial charge is 0.226 e. The summed E-state index contributed by atoms with van der Waals surface area (Å²) in [5.41, 5.74) is 1.90. The molecule has 2 heterocycles. The number of aromatic nitrogens is 2. The molecule has 1 aliphatic rings. The first-order chi connectivity index (χ1) is 12.3. The van der Waals surface area contributed by atoms with Gasteiger partial charge >= 0.3 is 0 Å². The van der Waals surface area contributed by atoms with Crippen LogP contribution in [0, 0.1) is 0 Å². The Balaban J connectivity index is 1.51. The average Bonchev–Trinajstić information content (AvgIpc) is 3.21. The Bertz CT molecular complexity index is 918. The van der Waals surface area contributed by atoms with Gasteiger partial charge in [0.2, 0.25) is 5.88 Å². The van der Waals surface area contributed by atoms with E-state index in [0.717, 1.165) is 35.2 Å². The molecule has 0 aliphatic heterocycles. The van der Waals surface area contributed by atoms with Crippen molar-refractivity contribution in [1.29, 1.82) is 0 Å². The zero-order valence-electron chi connectivity index (χ0n) is 13.9. The summed E-state index contributed by atoms with van der Waals surface area (Å²) in [7, 11) is 0. The van der Waals surface area contributed by atoms with Crippen LogP contribution in [-0.2, 0) is 12.8 Å². The summed E-state index contributed by atoms with van der Waals surface area (Å²) in [5, 5.41) is 0.986. The number of nitrogens with zero attached hydrogens (tertiary/aromatic N) is 2. The number of ether oxygens (including phenoxy) is 2. The monoisotopic (exact) mass is 354 g/mol. The summed E-state index contributed by atoms with van der Waals surface area (Å²) in [6.45, 7) is 2.49. The maximum absolute atomic E-state index is 12.4. The number of Topliss-reactive ketones (excluding diaryl/α,β-unsaturated/α-hetero) is 1. The van der Waals surface area contributed by atoms with Gasteiger partial charge in [0.05, 0.1) is 12.0 Å². The molecule has 5 nitrogen and oxygen atoms in total. The highest BCUT2D eigenvalue weighted by Crippen LogP contribution is 2.39. The number of rotatable bonds is 6. The molecule has 0 amide bonds. The number of thiophene rings is 1. The van der Waals surface area contributed by atoms with Crippen LogP contribution in [0.2, 0.25) is 0 Å². The van der Waals surface area contributed by atoms with E-state index in [1.165, 1.54) is 16.8 Å². The van der Waals surface area contributed by atoms with Gasteiger partial charge in [-0.25, -0.2) is 9.97 Å². The van der Waals surface area contributed by atoms with Crippen molar-refractivity contribution in [3.63, 3.8) is 0 Å². The van der Waals surface area contributed by atoms with Gasteiger partial charge in [0.25, 0.3) is 0 Å². The second kappa shape index (κ2) is 6.80. The molecule has 3 aromatic rings. The van der Waals surface area contributed by atoms with Crippen molar-refractivity contribution in [3.05, 3.63) is 46.6 Å². The lowest BCUT2D eigenvalue weighted by Gasteiger charge is -2.07. The second-order valence-corrected chi connectivity index (χ2v) is 6.97. The van der Waals surface area contributed by atoms with Gasteiger partial charge in [0.15, 0.2) is 12.4 Å². The average molecular weight is 354 g/mol. The fourth-order valence-electron chi connectivity index (χ4n) is 3.13. The number of benzene rings is 1. The minimum Gasteiger partial charge on any atom is -0.494 e. The van der Waals surface area contributed by atoms with Gasteiger partial charge in [-0.2, -0.15) is 0 Å². The predicted molar refractivity (Wildman–Crippen MR) is 96.9 cm³/mol. The van der Waals surface area contributed by atoms with Gasteiger partial charge in [-0.3, -0.25) is 4.79 Å². The maximum Gasteiger partial charge on any atom is 0.226 e. The fourth-order valence-corrected chi connectivity index (χ4v) is 4.35. The first-order valence-corrected chi connectivity index (χ1v) is 9.22. The van der Waals surface area contributed by atoms with Crippen molar-refractivity contribution >= 4 is 27.3 Å². The van der Waals surface area contributed by atoms with E-state index in [4.69, 9.17) is 9.47 Å². The van der Waals surface area contributed by atoms with E-state index >= 15 is 0 Å². The summed E-state index contributed by atoms with van der Waals surface area (Å²) >= 11 is 1.71. The number of carbonyl (C=O) groups is 1. The molecule has 1 aliphatic carbocycles. The van der Waals surface area contributed by atoms with E-state index in [0.29, 0.717) is 18.1 Å². The zero-order chi connectivity index (χ0) is 17.2. The highest BCUT2D eigenvalue weighted by atomic mass is 32.1. The van der Waals surface area contributed by atoms with Crippen LogP contribution in [0.15, 0.2) is 30.6 Å². The predicted octanol–water partition coefficient (Wildman–Crippen LogP) is 3.84. The molecule has 0 saturated carbocycles. The molecule has 0 bridgehead atoms. The van der Waals surface area contributed by atoms with Gasteiger partial charge in [-0.15, -0.1) is 11.3 Å². The first-order valence-electron chi connectivity index (χ1n) is 8.40. The van der Waals surface area contributed by atoms with Crippen LogP contribution in [0.4, 0.5) is 0 Å². The molecule has 0 fully saturated rings. The van der Waals surface area contributed by atoms with E-state index in [9.17, 15) is 4.79 Å². The summed E-state index contributed by atoms with van der Waals surface area (Å²) in [6.07, 6.45) is 4.80. The molecule has 0 saturated heterocycles. The summed E-state index contributed by atoms with van der Waals surface area (Å²) in [5.74, 6) is 1.19. The number of hydrogen-bond donors (Lipinski definition) is 0. The molecule has 2 aromatic heterocycles. The molecule has 128 valence electrons. The molecular formula is C19H18N2O3S. The standard InChI is InChI=1S/C19H18N2O3S/c1-2-23-13-8-6-12(7-9-13)15(22)10-24-18-17-14-4-3-5-16(14)25-19(17)21-11-20-18/h6-9,11H,2-5,10H2,1H3. The Morgan fingerprint density at radius 3 is 2.80 bits per heavy atom. The molecule has 0 unspecified atom stereocenters. The Morgan fingerprint density at radius 2 is 2.00 bits per heavy atom. The molecule has 0 radical (unpaired) electrons. The summed E-state index contributed by atoms with van der Waals surface area (Å²) < 4.78 is 11.2. The van der Waals surface area contributed by atoms with Crippen LogP contribution in [0.5, 0.6) is 11.6 Å². The highest BCUT2D eigenvalue weighted by Gasteiger charge is 2.22. The molecule has 0 atom stereocenters. The van der Waals surface area contributed by atoms with Crippen molar-refractivity contribution in [1.82, 2.24) is 9.97 Å². The van der Waals surface area contributed by atoms with Crippen molar-refractivity contribution < 1.29 is 14.3 Å².